The van der Waals surface area contributed by atoms with Gasteiger partial charge in [-0.3, -0.25) is 0 Å². The van der Waals surface area contributed by atoms with Gasteiger partial charge in [0, 0.05) is 12.6 Å². The summed E-state index contributed by atoms with van der Waals surface area (Å²) in [4.78, 5) is 6.45. The molecule has 0 aliphatic rings. The molecule has 8 heteroatoms. The van der Waals surface area contributed by atoms with Crippen LogP contribution in [0.15, 0.2) is 6.07 Å². The van der Waals surface area contributed by atoms with Crippen molar-refractivity contribution >= 4 is 17.4 Å². The maximum Gasteiger partial charge on any atom is 0.451 e. The Bertz CT molecular complexity index is 436. The van der Waals surface area contributed by atoms with Crippen molar-refractivity contribution in [2.75, 3.05) is 11.9 Å². The Morgan fingerprint density at radius 1 is 1.26 bits per heavy atom. The van der Waals surface area contributed by atoms with Crippen LogP contribution < -0.4 is 5.32 Å². The molecule has 1 aromatic rings. The molecule has 0 aliphatic carbocycles. The average Bonchev–Trinajstić information content (AvgIpc) is 2.34. The van der Waals surface area contributed by atoms with Crippen LogP contribution in [0, 0.1) is 0 Å². The summed E-state index contributed by atoms with van der Waals surface area (Å²) in [5.74, 6) is -1.37. The fraction of sp³-hybridized carbons (Fsp3) is 0.636. The molecule has 0 atom stereocenters. The van der Waals surface area contributed by atoms with Crippen molar-refractivity contribution in [3.63, 3.8) is 0 Å². The molecule has 0 amide bonds. The van der Waals surface area contributed by atoms with Gasteiger partial charge in [0.1, 0.15) is 11.0 Å². The molecule has 1 rings (SSSR count). The Morgan fingerprint density at radius 2 is 1.84 bits per heavy atom. The third-order valence-electron chi connectivity index (χ3n) is 2.86. The molecule has 0 spiro atoms. The second kappa shape index (κ2) is 5.92. The monoisotopic (exact) mass is 297 g/mol. The van der Waals surface area contributed by atoms with Crippen molar-refractivity contribution in [3.05, 3.63) is 17.0 Å². The fourth-order valence-corrected chi connectivity index (χ4v) is 1.57. The minimum absolute atomic E-state index is 0.0624. The minimum atomic E-state index is -4.66. The first kappa shape index (κ1) is 16.0. The molecule has 19 heavy (non-hydrogen) atoms. The van der Waals surface area contributed by atoms with Gasteiger partial charge in [-0.15, -0.1) is 0 Å². The lowest BCUT2D eigenvalue weighted by Crippen LogP contribution is -2.35. The first-order valence-electron chi connectivity index (χ1n) is 5.78. The van der Waals surface area contributed by atoms with Gasteiger partial charge in [-0.1, -0.05) is 25.4 Å². The van der Waals surface area contributed by atoms with Gasteiger partial charge >= 0.3 is 6.18 Å². The van der Waals surface area contributed by atoms with Gasteiger partial charge in [0.15, 0.2) is 0 Å². The van der Waals surface area contributed by atoms with Crippen LogP contribution in [0.5, 0.6) is 0 Å². The highest BCUT2D eigenvalue weighted by atomic mass is 35.5. The van der Waals surface area contributed by atoms with Crippen LogP contribution >= 0.6 is 11.6 Å². The minimum Gasteiger partial charge on any atom is -0.388 e. The number of hydrogen-bond acceptors (Lipinski definition) is 4. The molecule has 108 valence electrons. The normalized spacial score (nSPS) is 12.6. The maximum atomic E-state index is 12.5. The quantitative estimate of drug-likeness (QED) is 0.820. The number of aromatic nitrogens is 2. The summed E-state index contributed by atoms with van der Waals surface area (Å²) in [6, 6.07) is 1.18. The van der Waals surface area contributed by atoms with Gasteiger partial charge in [-0.25, -0.2) is 9.97 Å². The second-order valence-corrected chi connectivity index (χ2v) is 4.57. The predicted molar refractivity (Wildman–Crippen MR) is 66.1 cm³/mol. The van der Waals surface area contributed by atoms with Crippen molar-refractivity contribution in [1.82, 2.24) is 9.97 Å². The van der Waals surface area contributed by atoms with E-state index >= 15 is 0 Å². The number of anilines is 1. The van der Waals surface area contributed by atoms with E-state index in [-0.39, 0.29) is 17.5 Å². The zero-order valence-corrected chi connectivity index (χ0v) is 11.3. The molecule has 0 bridgehead atoms. The molecular formula is C11H15ClF3N3O. The molecule has 0 aliphatic heterocycles. The Balaban J connectivity index is 2.88. The van der Waals surface area contributed by atoms with Crippen molar-refractivity contribution in [3.8, 4) is 0 Å². The Hall–Kier alpha value is -1.08. The lowest BCUT2D eigenvalue weighted by molar-refractivity contribution is -0.144. The number of halogens is 4. The topological polar surface area (TPSA) is 58.0 Å². The van der Waals surface area contributed by atoms with Gasteiger partial charge < -0.3 is 10.4 Å². The number of hydrogen-bond donors (Lipinski definition) is 2. The highest BCUT2D eigenvalue weighted by molar-refractivity contribution is 6.29. The lowest BCUT2D eigenvalue weighted by atomic mass is 9.98. The summed E-state index contributed by atoms with van der Waals surface area (Å²) < 4.78 is 37.5. The van der Waals surface area contributed by atoms with Crippen LogP contribution in [0.3, 0.4) is 0 Å². The first-order chi connectivity index (χ1) is 8.70. The van der Waals surface area contributed by atoms with Crippen molar-refractivity contribution in [2.45, 2.75) is 38.5 Å². The van der Waals surface area contributed by atoms with Crippen LogP contribution in [0.4, 0.5) is 19.0 Å². The number of alkyl halides is 3. The van der Waals surface area contributed by atoms with Crippen LogP contribution in [0.25, 0.3) is 0 Å². The Labute approximate surface area is 114 Å². The molecule has 0 saturated heterocycles. The van der Waals surface area contributed by atoms with E-state index < -0.39 is 17.6 Å². The van der Waals surface area contributed by atoms with Gasteiger partial charge in [0.2, 0.25) is 5.82 Å². The Morgan fingerprint density at radius 3 is 2.32 bits per heavy atom. The predicted octanol–water partition coefficient (Wildman–Crippen LogP) is 3.11. The summed E-state index contributed by atoms with van der Waals surface area (Å²) in [6.07, 6.45) is -3.71. The summed E-state index contributed by atoms with van der Waals surface area (Å²) in [5, 5.41) is 12.4. The summed E-state index contributed by atoms with van der Waals surface area (Å²) in [7, 11) is 0. The molecule has 0 unspecified atom stereocenters. The van der Waals surface area contributed by atoms with E-state index in [1.807, 2.05) is 0 Å². The van der Waals surface area contributed by atoms with Crippen LogP contribution in [0.1, 0.15) is 32.5 Å². The molecule has 1 aromatic heterocycles. The third-order valence-corrected chi connectivity index (χ3v) is 3.06. The molecular weight excluding hydrogens is 283 g/mol. The SMILES string of the molecule is CCC(O)(CC)CNc1cc(Cl)nc(C(F)(F)F)n1. The van der Waals surface area contributed by atoms with Gasteiger partial charge in [-0.2, -0.15) is 13.2 Å². The van der Waals surface area contributed by atoms with Crippen molar-refractivity contribution < 1.29 is 18.3 Å². The Kier molecular flexibility index (Phi) is 4.98. The van der Waals surface area contributed by atoms with Gasteiger partial charge in [-0.05, 0) is 12.8 Å². The highest BCUT2D eigenvalue weighted by Crippen LogP contribution is 2.28. The van der Waals surface area contributed by atoms with Crippen LogP contribution in [0.2, 0.25) is 5.15 Å². The smallest absolute Gasteiger partial charge is 0.388 e. The molecule has 0 saturated carbocycles. The van der Waals surface area contributed by atoms with E-state index in [0.29, 0.717) is 12.8 Å². The maximum absolute atomic E-state index is 12.5. The van der Waals surface area contributed by atoms with E-state index in [2.05, 4.69) is 15.3 Å². The number of aliphatic hydroxyl groups is 1. The van der Waals surface area contributed by atoms with E-state index in [1.165, 1.54) is 6.07 Å². The first-order valence-corrected chi connectivity index (χ1v) is 6.16. The molecule has 0 radical (unpaired) electrons. The zero-order chi connectivity index (χ0) is 14.7. The van der Waals surface area contributed by atoms with Crippen LogP contribution in [-0.2, 0) is 6.18 Å². The van der Waals surface area contributed by atoms with Gasteiger partial charge in [0.25, 0.3) is 0 Å². The van der Waals surface area contributed by atoms with E-state index in [1.54, 1.807) is 13.8 Å². The number of nitrogens with zero attached hydrogens (tertiary/aromatic N) is 2. The number of rotatable bonds is 5. The fourth-order valence-electron chi connectivity index (χ4n) is 1.39. The van der Waals surface area contributed by atoms with Crippen molar-refractivity contribution in [2.24, 2.45) is 0 Å². The molecule has 0 fully saturated rings. The highest BCUT2D eigenvalue weighted by Gasteiger charge is 2.35. The largest absolute Gasteiger partial charge is 0.451 e. The van der Waals surface area contributed by atoms with Crippen LogP contribution in [-0.4, -0.2) is 27.2 Å². The van der Waals surface area contributed by atoms with Crippen molar-refractivity contribution in [1.29, 1.82) is 0 Å². The summed E-state index contributed by atoms with van der Waals surface area (Å²) >= 11 is 5.52. The van der Waals surface area contributed by atoms with E-state index in [4.69, 9.17) is 11.6 Å². The van der Waals surface area contributed by atoms with E-state index in [0.717, 1.165) is 0 Å². The summed E-state index contributed by atoms with van der Waals surface area (Å²) in [6.45, 7) is 3.67. The standard InChI is InChI=1S/C11H15ClF3N3O/c1-3-10(19,4-2)6-16-8-5-7(12)17-9(18-8)11(13,14)15/h5,19H,3-4,6H2,1-2H3,(H,16,17,18). The number of nitrogens with one attached hydrogen (secondary N) is 1. The average molecular weight is 298 g/mol. The molecule has 4 nitrogen and oxygen atoms in total. The molecule has 2 N–H and O–H groups in total. The summed E-state index contributed by atoms with van der Waals surface area (Å²) in [5.41, 5.74) is -0.990. The van der Waals surface area contributed by atoms with Gasteiger partial charge in [0.05, 0.1) is 5.60 Å². The molecule has 1 heterocycles. The van der Waals surface area contributed by atoms with E-state index in [9.17, 15) is 18.3 Å². The molecule has 0 aromatic carbocycles. The zero-order valence-electron chi connectivity index (χ0n) is 10.6. The third kappa shape index (κ3) is 4.50. The second-order valence-electron chi connectivity index (χ2n) is 4.18. The lowest BCUT2D eigenvalue weighted by Gasteiger charge is -2.25.